The van der Waals surface area contributed by atoms with Crippen LogP contribution in [0.3, 0.4) is 0 Å². The zero-order valence-corrected chi connectivity index (χ0v) is 9.14. The Balaban J connectivity index is 2.03. The lowest BCUT2D eigenvalue weighted by Gasteiger charge is -2.06. The van der Waals surface area contributed by atoms with Crippen molar-refractivity contribution in [2.24, 2.45) is 0 Å². The van der Waals surface area contributed by atoms with Gasteiger partial charge < -0.3 is 9.47 Å². The average molecular weight is 264 g/mol. The molecule has 1 unspecified atom stereocenters. The molecule has 2 nitrogen and oxygen atoms in total. The normalized spacial score (nSPS) is 20.0. The van der Waals surface area contributed by atoms with Crippen molar-refractivity contribution in [3.8, 4) is 5.75 Å². The van der Waals surface area contributed by atoms with E-state index in [1.807, 2.05) is 12.1 Å². The van der Waals surface area contributed by atoms with Crippen molar-refractivity contribution in [2.75, 3.05) is 13.2 Å². The number of hydrogen-bond acceptors (Lipinski definition) is 2. The molecule has 1 saturated heterocycles. The molecule has 1 aliphatic rings. The van der Waals surface area contributed by atoms with Crippen LogP contribution in [0.4, 0.5) is 0 Å². The van der Waals surface area contributed by atoms with Gasteiger partial charge in [-0.05, 0) is 18.2 Å². The van der Waals surface area contributed by atoms with Gasteiger partial charge in [0, 0.05) is 4.47 Å². The molecule has 1 aromatic carbocycles. The van der Waals surface area contributed by atoms with E-state index in [0.29, 0.717) is 17.4 Å². The lowest BCUT2D eigenvalue weighted by atomic mass is 10.3. The quantitative estimate of drug-likeness (QED) is 0.782. The van der Waals surface area contributed by atoms with Gasteiger partial charge in [0.15, 0.2) is 0 Å². The first-order valence-corrected chi connectivity index (χ1v) is 5.12. The van der Waals surface area contributed by atoms with Crippen molar-refractivity contribution >= 4 is 27.5 Å². The minimum Gasteiger partial charge on any atom is -0.489 e. The van der Waals surface area contributed by atoms with E-state index in [0.717, 1.165) is 11.1 Å². The molecule has 0 amide bonds. The first-order valence-electron chi connectivity index (χ1n) is 3.95. The summed E-state index contributed by atoms with van der Waals surface area (Å²) in [5, 5.41) is 0.629. The van der Waals surface area contributed by atoms with E-state index in [-0.39, 0.29) is 6.10 Å². The second-order valence-electron chi connectivity index (χ2n) is 2.84. The molecule has 1 fully saturated rings. The van der Waals surface area contributed by atoms with Gasteiger partial charge in [0.05, 0.1) is 11.6 Å². The molecule has 0 spiro atoms. The SMILES string of the molecule is Clc1ccc(Br)cc1OCC1CO1. The third-order valence-corrected chi connectivity index (χ3v) is 2.53. The first-order chi connectivity index (χ1) is 6.25. The van der Waals surface area contributed by atoms with Crippen LogP contribution in [0.15, 0.2) is 22.7 Å². The molecular formula is C9H8BrClO2. The molecule has 1 heterocycles. The maximum absolute atomic E-state index is 5.91. The van der Waals surface area contributed by atoms with Crippen LogP contribution in [0.1, 0.15) is 0 Å². The molecule has 0 radical (unpaired) electrons. The largest absolute Gasteiger partial charge is 0.489 e. The highest BCUT2D eigenvalue weighted by Crippen LogP contribution is 2.28. The highest BCUT2D eigenvalue weighted by molar-refractivity contribution is 9.10. The number of benzene rings is 1. The fraction of sp³-hybridized carbons (Fsp3) is 0.333. The maximum atomic E-state index is 5.91. The summed E-state index contributed by atoms with van der Waals surface area (Å²) < 4.78 is 11.4. The second kappa shape index (κ2) is 3.86. The van der Waals surface area contributed by atoms with Crippen LogP contribution in [0.5, 0.6) is 5.75 Å². The van der Waals surface area contributed by atoms with Crippen molar-refractivity contribution in [2.45, 2.75) is 6.10 Å². The lowest BCUT2D eigenvalue weighted by molar-refractivity contribution is 0.263. The predicted molar refractivity (Wildman–Crippen MR) is 54.4 cm³/mol. The fourth-order valence-corrected chi connectivity index (χ4v) is 1.45. The van der Waals surface area contributed by atoms with Gasteiger partial charge in [0.2, 0.25) is 0 Å². The highest BCUT2D eigenvalue weighted by atomic mass is 79.9. The number of rotatable bonds is 3. The summed E-state index contributed by atoms with van der Waals surface area (Å²) in [4.78, 5) is 0. The summed E-state index contributed by atoms with van der Waals surface area (Å²) >= 11 is 9.26. The molecule has 70 valence electrons. The minimum atomic E-state index is 0.259. The van der Waals surface area contributed by atoms with Crippen LogP contribution >= 0.6 is 27.5 Å². The number of epoxide rings is 1. The van der Waals surface area contributed by atoms with Crippen LogP contribution in [0.2, 0.25) is 5.02 Å². The molecule has 1 aromatic rings. The van der Waals surface area contributed by atoms with Crippen LogP contribution in [-0.4, -0.2) is 19.3 Å². The van der Waals surface area contributed by atoms with E-state index in [1.54, 1.807) is 6.07 Å². The van der Waals surface area contributed by atoms with E-state index < -0.39 is 0 Å². The Morgan fingerprint density at radius 1 is 1.62 bits per heavy atom. The summed E-state index contributed by atoms with van der Waals surface area (Å²) in [7, 11) is 0. The van der Waals surface area contributed by atoms with E-state index >= 15 is 0 Å². The van der Waals surface area contributed by atoms with Gasteiger partial charge in [-0.2, -0.15) is 0 Å². The number of halogens is 2. The van der Waals surface area contributed by atoms with Gasteiger partial charge in [-0.25, -0.2) is 0 Å². The third kappa shape index (κ3) is 2.59. The lowest BCUT2D eigenvalue weighted by Crippen LogP contribution is -2.04. The van der Waals surface area contributed by atoms with Gasteiger partial charge in [-0.15, -0.1) is 0 Å². The Hall–Kier alpha value is -0.250. The van der Waals surface area contributed by atoms with Crippen LogP contribution in [0, 0.1) is 0 Å². The third-order valence-electron chi connectivity index (χ3n) is 1.72. The Bertz CT molecular complexity index is 312. The minimum absolute atomic E-state index is 0.259. The standard InChI is InChI=1S/C9H8BrClO2/c10-6-1-2-8(11)9(3-6)13-5-7-4-12-7/h1-3,7H,4-5H2. The zero-order chi connectivity index (χ0) is 9.26. The van der Waals surface area contributed by atoms with Crippen LogP contribution in [0.25, 0.3) is 0 Å². The van der Waals surface area contributed by atoms with Gasteiger partial charge in [0.1, 0.15) is 18.5 Å². The van der Waals surface area contributed by atoms with Crippen molar-refractivity contribution < 1.29 is 9.47 Å². The number of hydrogen-bond donors (Lipinski definition) is 0. The molecule has 0 aromatic heterocycles. The smallest absolute Gasteiger partial charge is 0.139 e. The molecule has 2 rings (SSSR count). The van der Waals surface area contributed by atoms with Gasteiger partial charge in [-0.3, -0.25) is 0 Å². The summed E-state index contributed by atoms with van der Waals surface area (Å²) in [6, 6.07) is 5.53. The Morgan fingerprint density at radius 3 is 3.08 bits per heavy atom. The molecular weight excluding hydrogens is 255 g/mol. The topological polar surface area (TPSA) is 21.8 Å². The molecule has 0 N–H and O–H groups in total. The number of ether oxygens (including phenoxy) is 2. The Kier molecular flexibility index (Phi) is 2.77. The molecule has 0 bridgehead atoms. The summed E-state index contributed by atoms with van der Waals surface area (Å²) in [5.74, 6) is 0.701. The average Bonchev–Trinajstić information content (AvgIpc) is 2.90. The maximum Gasteiger partial charge on any atom is 0.139 e. The van der Waals surface area contributed by atoms with E-state index in [9.17, 15) is 0 Å². The Morgan fingerprint density at radius 2 is 2.38 bits per heavy atom. The van der Waals surface area contributed by atoms with Crippen LogP contribution in [-0.2, 0) is 4.74 Å². The fourth-order valence-electron chi connectivity index (χ4n) is 0.935. The molecule has 13 heavy (non-hydrogen) atoms. The first kappa shape index (κ1) is 9.31. The predicted octanol–water partition coefficient (Wildman–Crippen LogP) is 2.88. The molecule has 4 heteroatoms. The molecule has 0 saturated carbocycles. The van der Waals surface area contributed by atoms with Gasteiger partial charge in [0.25, 0.3) is 0 Å². The van der Waals surface area contributed by atoms with Crippen molar-refractivity contribution in [3.05, 3.63) is 27.7 Å². The zero-order valence-electron chi connectivity index (χ0n) is 6.80. The van der Waals surface area contributed by atoms with E-state index in [4.69, 9.17) is 21.1 Å². The van der Waals surface area contributed by atoms with E-state index in [1.165, 1.54) is 0 Å². The van der Waals surface area contributed by atoms with Gasteiger partial charge >= 0.3 is 0 Å². The summed E-state index contributed by atoms with van der Waals surface area (Å²) in [6.45, 7) is 1.38. The second-order valence-corrected chi connectivity index (χ2v) is 4.16. The highest BCUT2D eigenvalue weighted by Gasteiger charge is 2.23. The van der Waals surface area contributed by atoms with Gasteiger partial charge in [-0.1, -0.05) is 27.5 Å². The summed E-state index contributed by atoms with van der Waals surface area (Å²) in [6.07, 6.45) is 0.259. The van der Waals surface area contributed by atoms with Crippen molar-refractivity contribution in [1.29, 1.82) is 0 Å². The van der Waals surface area contributed by atoms with Crippen molar-refractivity contribution in [1.82, 2.24) is 0 Å². The molecule has 1 atom stereocenters. The van der Waals surface area contributed by atoms with Crippen molar-refractivity contribution in [3.63, 3.8) is 0 Å². The molecule has 1 aliphatic heterocycles. The monoisotopic (exact) mass is 262 g/mol. The summed E-state index contributed by atoms with van der Waals surface area (Å²) in [5.41, 5.74) is 0. The van der Waals surface area contributed by atoms with E-state index in [2.05, 4.69) is 15.9 Å². The molecule has 0 aliphatic carbocycles. The van der Waals surface area contributed by atoms with Crippen LogP contribution < -0.4 is 4.74 Å². The Labute approximate surface area is 89.9 Å².